The van der Waals surface area contributed by atoms with Gasteiger partial charge in [0.15, 0.2) is 0 Å². The second-order valence-corrected chi connectivity index (χ2v) is 7.23. The van der Waals surface area contributed by atoms with Crippen LogP contribution >= 0.6 is 0 Å². The van der Waals surface area contributed by atoms with Crippen LogP contribution in [0.5, 0.6) is 0 Å². The molecule has 1 unspecified atom stereocenters. The average Bonchev–Trinajstić information content (AvgIpc) is 3.09. The lowest BCUT2D eigenvalue weighted by atomic mass is 9.86. The second-order valence-electron chi connectivity index (χ2n) is 7.23. The number of aryl methyl sites for hydroxylation is 1. The zero-order valence-corrected chi connectivity index (χ0v) is 14.1. The van der Waals surface area contributed by atoms with Crippen molar-refractivity contribution in [1.82, 2.24) is 19.9 Å². The summed E-state index contributed by atoms with van der Waals surface area (Å²) >= 11 is 0. The molecule has 0 saturated carbocycles. The maximum absolute atomic E-state index is 9.08. The van der Waals surface area contributed by atoms with Gasteiger partial charge in [0.2, 0.25) is 0 Å². The number of aliphatic hydroxyl groups is 1. The van der Waals surface area contributed by atoms with Crippen molar-refractivity contribution in [3.05, 3.63) is 47.3 Å². The number of fused-ring (bicyclic) bond motifs is 1. The van der Waals surface area contributed by atoms with Gasteiger partial charge in [0.05, 0.1) is 12.8 Å². The summed E-state index contributed by atoms with van der Waals surface area (Å²) in [5.74, 6) is 0.672. The number of benzene rings is 1. The minimum Gasteiger partial charge on any atom is -0.390 e. The van der Waals surface area contributed by atoms with E-state index in [1.807, 2.05) is 10.9 Å². The largest absolute Gasteiger partial charge is 0.390 e. The van der Waals surface area contributed by atoms with E-state index < -0.39 is 0 Å². The molecular formula is C19H26N4O. The molecule has 1 saturated heterocycles. The van der Waals surface area contributed by atoms with Crippen LogP contribution in [-0.2, 0) is 26.0 Å². The minimum atomic E-state index is -0.0262. The Morgan fingerprint density at radius 2 is 1.88 bits per heavy atom. The van der Waals surface area contributed by atoms with Crippen LogP contribution in [0.4, 0.5) is 0 Å². The van der Waals surface area contributed by atoms with Gasteiger partial charge in [0.25, 0.3) is 0 Å². The molecule has 1 N–H and O–H groups in total. The van der Waals surface area contributed by atoms with E-state index in [4.69, 9.17) is 5.11 Å². The van der Waals surface area contributed by atoms with Crippen LogP contribution in [-0.4, -0.2) is 44.1 Å². The van der Waals surface area contributed by atoms with Crippen LogP contribution in [0.2, 0.25) is 0 Å². The molecule has 24 heavy (non-hydrogen) atoms. The third-order valence-corrected chi connectivity index (χ3v) is 5.68. The van der Waals surface area contributed by atoms with Crippen LogP contribution in [0.1, 0.15) is 36.1 Å². The smallest absolute Gasteiger partial charge is 0.108 e. The molecule has 5 heteroatoms. The van der Waals surface area contributed by atoms with Crippen molar-refractivity contribution in [3.63, 3.8) is 0 Å². The fourth-order valence-corrected chi connectivity index (χ4v) is 4.26. The van der Waals surface area contributed by atoms with Crippen LogP contribution < -0.4 is 0 Å². The maximum Gasteiger partial charge on any atom is 0.108 e. The lowest BCUT2D eigenvalue weighted by Crippen LogP contribution is -2.44. The first-order chi connectivity index (χ1) is 11.8. The summed E-state index contributed by atoms with van der Waals surface area (Å²) in [4.78, 5) is 2.70. The predicted octanol–water partition coefficient (Wildman–Crippen LogP) is 2.04. The molecule has 0 bridgehead atoms. The highest BCUT2D eigenvalue weighted by Crippen LogP contribution is 2.28. The topological polar surface area (TPSA) is 54.2 Å². The molecule has 0 spiro atoms. The highest BCUT2D eigenvalue weighted by Gasteiger charge is 2.28. The Balaban J connectivity index is 1.30. The van der Waals surface area contributed by atoms with Crippen molar-refractivity contribution in [1.29, 1.82) is 0 Å². The summed E-state index contributed by atoms with van der Waals surface area (Å²) in [6.07, 6.45) is 8.06. The summed E-state index contributed by atoms with van der Waals surface area (Å²) in [5, 5.41) is 17.2. The first-order valence-electron chi connectivity index (χ1n) is 9.12. The fourth-order valence-electron chi connectivity index (χ4n) is 4.26. The van der Waals surface area contributed by atoms with Crippen LogP contribution in [0.3, 0.4) is 0 Å². The molecule has 2 aliphatic rings. The number of nitrogens with zero attached hydrogens (tertiary/aromatic N) is 4. The number of hydrogen-bond acceptors (Lipinski definition) is 4. The molecule has 1 aromatic carbocycles. The van der Waals surface area contributed by atoms with E-state index in [2.05, 4.69) is 39.5 Å². The molecule has 0 radical (unpaired) electrons. The molecule has 128 valence electrons. The van der Waals surface area contributed by atoms with E-state index in [1.165, 1.54) is 45.2 Å². The number of rotatable bonds is 4. The van der Waals surface area contributed by atoms with Crippen molar-refractivity contribution in [2.75, 3.05) is 13.1 Å². The number of aliphatic hydroxyl groups excluding tert-OH is 1. The number of aromatic nitrogens is 3. The summed E-state index contributed by atoms with van der Waals surface area (Å²) in [6, 6.07) is 9.64. The minimum absolute atomic E-state index is 0.0262. The van der Waals surface area contributed by atoms with Gasteiger partial charge in [0.1, 0.15) is 5.69 Å². The molecule has 1 atom stereocenters. The zero-order chi connectivity index (χ0) is 16.4. The van der Waals surface area contributed by atoms with E-state index in [0.717, 1.165) is 6.54 Å². The Kier molecular flexibility index (Phi) is 4.63. The maximum atomic E-state index is 9.08. The van der Waals surface area contributed by atoms with Gasteiger partial charge in [-0.2, -0.15) is 0 Å². The Morgan fingerprint density at radius 1 is 1.08 bits per heavy atom. The number of piperidine rings is 1. The van der Waals surface area contributed by atoms with Gasteiger partial charge < -0.3 is 10.0 Å². The van der Waals surface area contributed by atoms with Gasteiger partial charge in [-0.15, -0.1) is 5.10 Å². The van der Waals surface area contributed by atoms with Crippen LogP contribution in [0, 0.1) is 5.92 Å². The lowest BCUT2D eigenvalue weighted by molar-refractivity contribution is 0.114. The third-order valence-electron chi connectivity index (χ3n) is 5.68. The molecule has 4 rings (SSSR count). The summed E-state index contributed by atoms with van der Waals surface area (Å²) in [5.41, 5.74) is 3.76. The number of likely N-dealkylation sites (tertiary alicyclic amines) is 1. The Labute approximate surface area is 143 Å². The van der Waals surface area contributed by atoms with E-state index in [-0.39, 0.29) is 6.61 Å². The van der Waals surface area contributed by atoms with Gasteiger partial charge in [-0.25, -0.2) is 0 Å². The van der Waals surface area contributed by atoms with Crippen LogP contribution in [0.25, 0.3) is 0 Å². The fraction of sp³-hybridized carbons (Fsp3) is 0.579. The second kappa shape index (κ2) is 7.03. The van der Waals surface area contributed by atoms with Crippen molar-refractivity contribution in [3.8, 4) is 0 Å². The van der Waals surface area contributed by atoms with Crippen molar-refractivity contribution >= 4 is 0 Å². The van der Waals surface area contributed by atoms with Crippen molar-refractivity contribution in [2.45, 2.75) is 51.3 Å². The first kappa shape index (κ1) is 15.8. The summed E-state index contributed by atoms with van der Waals surface area (Å²) in [6.45, 7) is 3.29. The lowest BCUT2D eigenvalue weighted by Gasteiger charge is -2.39. The molecule has 1 aliphatic heterocycles. The van der Waals surface area contributed by atoms with Crippen molar-refractivity contribution < 1.29 is 5.11 Å². The van der Waals surface area contributed by atoms with Crippen LogP contribution in [0.15, 0.2) is 30.5 Å². The van der Waals surface area contributed by atoms with Gasteiger partial charge in [-0.05, 0) is 62.2 Å². The quantitative estimate of drug-likeness (QED) is 0.934. The van der Waals surface area contributed by atoms with Gasteiger partial charge >= 0.3 is 0 Å². The molecule has 1 aromatic heterocycles. The Morgan fingerprint density at radius 3 is 2.62 bits per heavy atom. The molecular weight excluding hydrogens is 300 g/mol. The molecule has 5 nitrogen and oxygen atoms in total. The molecule has 1 aliphatic carbocycles. The van der Waals surface area contributed by atoms with E-state index >= 15 is 0 Å². The molecule has 0 amide bonds. The molecule has 1 fully saturated rings. The summed E-state index contributed by atoms with van der Waals surface area (Å²) < 4.78 is 1.89. The van der Waals surface area contributed by atoms with Gasteiger partial charge in [-0.3, -0.25) is 4.68 Å². The monoisotopic (exact) mass is 326 g/mol. The van der Waals surface area contributed by atoms with E-state index in [0.29, 0.717) is 17.7 Å². The Hall–Kier alpha value is -1.72. The normalized spacial score (nSPS) is 22.5. The molecule has 2 heterocycles. The van der Waals surface area contributed by atoms with E-state index in [9.17, 15) is 0 Å². The highest BCUT2D eigenvalue weighted by molar-refractivity contribution is 5.30. The predicted molar refractivity (Wildman–Crippen MR) is 92.5 cm³/mol. The van der Waals surface area contributed by atoms with Crippen molar-refractivity contribution in [2.24, 2.45) is 5.92 Å². The first-order valence-corrected chi connectivity index (χ1v) is 9.12. The molecule has 2 aromatic rings. The number of hydrogen-bond donors (Lipinski definition) is 1. The van der Waals surface area contributed by atoms with E-state index in [1.54, 1.807) is 11.1 Å². The van der Waals surface area contributed by atoms with Gasteiger partial charge in [-0.1, -0.05) is 29.5 Å². The average molecular weight is 326 g/mol. The highest BCUT2D eigenvalue weighted by atomic mass is 16.3. The van der Waals surface area contributed by atoms with Gasteiger partial charge in [0, 0.05) is 12.6 Å². The SMILES string of the molecule is OCc1cn(CC2CCN(C3CCc4ccccc4C3)CC2)nn1. The zero-order valence-electron chi connectivity index (χ0n) is 14.1. The Bertz CT molecular complexity index is 676. The standard InChI is InChI=1S/C19H26N4O/c24-14-18-13-23(21-20-18)12-15-7-9-22(10-8-15)19-6-5-16-3-1-2-4-17(16)11-19/h1-4,13,15,19,24H,5-12,14H2. The summed E-state index contributed by atoms with van der Waals surface area (Å²) in [7, 11) is 0. The third kappa shape index (κ3) is 3.37.